The molecule has 154 valence electrons. The number of aromatic nitrogens is 2. The van der Waals surface area contributed by atoms with Crippen molar-refractivity contribution in [3.63, 3.8) is 0 Å². The summed E-state index contributed by atoms with van der Waals surface area (Å²) in [6.45, 7) is 4.41. The zero-order valence-electron chi connectivity index (χ0n) is 16.9. The Labute approximate surface area is 179 Å². The van der Waals surface area contributed by atoms with E-state index in [4.69, 9.17) is 0 Å². The van der Waals surface area contributed by atoms with Gasteiger partial charge in [0.15, 0.2) is 5.16 Å². The van der Waals surface area contributed by atoms with E-state index in [-0.39, 0.29) is 11.7 Å². The fraction of sp³-hybridized carbons (Fsp3) is 0.261. The van der Waals surface area contributed by atoms with Crippen LogP contribution in [-0.2, 0) is 22.6 Å². The van der Waals surface area contributed by atoms with E-state index >= 15 is 0 Å². The van der Waals surface area contributed by atoms with Gasteiger partial charge in [-0.15, -0.1) is 0 Å². The van der Waals surface area contributed by atoms with Gasteiger partial charge in [0, 0.05) is 25.4 Å². The third-order valence-electron chi connectivity index (χ3n) is 5.40. The molecule has 1 aromatic heterocycles. The smallest absolute Gasteiger partial charge is 0.326 e. The van der Waals surface area contributed by atoms with Gasteiger partial charge in [-0.1, -0.05) is 53.7 Å². The summed E-state index contributed by atoms with van der Waals surface area (Å²) < 4.78 is 1.97. The lowest BCUT2D eigenvalue weighted by atomic mass is 9.94. The molecule has 4 rings (SSSR count). The molecule has 2 heterocycles. The Kier molecular flexibility index (Phi) is 5.63. The molecule has 3 aromatic rings. The normalized spacial score (nSPS) is 15.7. The minimum atomic E-state index is -0.973. The number of rotatable bonds is 5. The summed E-state index contributed by atoms with van der Waals surface area (Å²) in [6, 6.07) is 13.1. The molecule has 0 aliphatic carbocycles. The molecule has 1 amide bonds. The number of benzene rings is 2. The zero-order valence-corrected chi connectivity index (χ0v) is 17.7. The van der Waals surface area contributed by atoms with Gasteiger partial charge in [0.25, 0.3) is 0 Å². The summed E-state index contributed by atoms with van der Waals surface area (Å²) in [5.74, 6) is -1.04. The highest BCUT2D eigenvalue weighted by molar-refractivity contribution is 7.99. The van der Waals surface area contributed by atoms with Crippen LogP contribution in [0.15, 0.2) is 60.0 Å². The van der Waals surface area contributed by atoms with Gasteiger partial charge in [-0.05, 0) is 36.6 Å². The molecule has 1 atom stereocenters. The zero-order chi connectivity index (χ0) is 21.3. The average molecular weight is 422 g/mol. The van der Waals surface area contributed by atoms with Crippen LogP contribution in [0.2, 0.25) is 0 Å². The number of imidazole rings is 1. The first kappa shape index (κ1) is 20.2. The number of carboxylic acid groups (broad SMARTS) is 1. The van der Waals surface area contributed by atoms with E-state index < -0.39 is 12.0 Å². The van der Waals surface area contributed by atoms with Crippen LogP contribution < -0.4 is 0 Å². The summed E-state index contributed by atoms with van der Waals surface area (Å²) in [5, 5.41) is 10.4. The first-order valence-corrected chi connectivity index (χ1v) is 10.8. The van der Waals surface area contributed by atoms with E-state index in [0.717, 1.165) is 22.4 Å². The average Bonchev–Trinajstić information content (AvgIpc) is 3.19. The summed E-state index contributed by atoms with van der Waals surface area (Å²) in [5.41, 5.74) is 5.33. The Morgan fingerprint density at radius 1 is 1.17 bits per heavy atom. The van der Waals surface area contributed by atoms with Gasteiger partial charge in [-0.3, -0.25) is 9.36 Å². The molecule has 0 saturated heterocycles. The lowest BCUT2D eigenvalue weighted by Gasteiger charge is -2.34. The molecule has 0 radical (unpaired) electrons. The van der Waals surface area contributed by atoms with Gasteiger partial charge in [0.05, 0.1) is 11.4 Å². The van der Waals surface area contributed by atoms with Crippen LogP contribution in [0.5, 0.6) is 0 Å². The molecule has 30 heavy (non-hydrogen) atoms. The molecular weight excluding hydrogens is 398 g/mol. The van der Waals surface area contributed by atoms with E-state index in [1.807, 2.05) is 54.1 Å². The second kappa shape index (κ2) is 8.36. The molecule has 0 fully saturated rings. The van der Waals surface area contributed by atoms with Crippen molar-refractivity contribution in [3.8, 4) is 5.69 Å². The number of carbonyl (C=O) groups excluding carboxylic acids is 1. The second-order valence-corrected chi connectivity index (χ2v) is 8.45. The molecule has 1 N–H and O–H groups in total. The highest BCUT2D eigenvalue weighted by atomic mass is 32.2. The minimum absolute atomic E-state index is 0.133. The van der Waals surface area contributed by atoms with E-state index in [2.05, 4.69) is 18.0 Å². The van der Waals surface area contributed by atoms with Crippen molar-refractivity contribution < 1.29 is 14.7 Å². The Hall–Kier alpha value is -3.06. The second-order valence-electron chi connectivity index (χ2n) is 7.51. The molecule has 1 aliphatic rings. The summed E-state index contributed by atoms with van der Waals surface area (Å²) in [4.78, 5) is 30.7. The van der Waals surface area contributed by atoms with Crippen molar-refractivity contribution in [2.75, 3.05) is 5.75 Å². The molecule has 2 aromatic carbocycles. The molecular formula is C23H23N3O3S. The number of nitrogens with zero attached hydrogens (tertiary/aromatic N) is 3. The number of fused-ring (bicyclic) bond motifs is 1. The van der Waals surface area contributed by atoms with Gasteiger partial charge < -0.3 is 10.0 Å². The van der Waals surface area contributed by atoms with Crippen molar-refractivity contribution in [2.24, 2.45) is 0 Å². The lowest BCUT2D eigenvalue weighted by Crippen LogP contribution is -2.49. The monoisotopic (exact) mass is 421 g/mol. The number of carbonyl (C=O) groups is 2. The number of hydrogen-bond acceptors (Lipinski definition) is 4. The summed E-state index contributed by atoms with van der Waals surface area (Å²) >= 11 is 1.33. The Balaban J connectivity index is 1.51. The van der Waals surface area contributed by atoms with Gasteiger partial charge in [0.2, 0.25) is 5.91 Å². The molecule has 1 aliphatic heterocycles. The Bertz CT molecular complexity index is 1110. The highest BCUT2D eigenvalue weighted by Gasteiger charge is 2.34. The number of hydrogen-bond donors (Lipinski definition) is 1. The maximum absolute atomic E-state index is 13.0. The first-order chi connectivity index (χ1) is 14.4. The lowest BCUT2D eigenvalue weighted by molar-refractivity contribution is -0.150. The molecule has 0 bridgehead atoms. The van der Waals surface area contributed by atoms with Gasteiger partial charge in [-0.25, -0.2) is 9.78 Å². The van der Waals surface area contributed by atoms with Crippen LogP contribution in [0.3, 0.4) is 0 Å². The van der Waals surface area contributed by atoms with Crippen LogP contribution in [-0.4, -0.2) is 43.2 Å². The molecule has 7 heteroatoms. The molecule has 6 nitrogen and oxygen atoms in total. The molecule has 0 spiro atoms. The summed E-state index contributed by atoms with van der Waals surface area (Å²) in [6.07, 6.45) is 3.92. The fourth-order valence-electron chi connectivity index (χ4n) is 3.87. The third-order valence-corrected chi connectivity index (χ3v) is 6.35. The number of aryl methyl sites for hydroxylation is 2. The number of carboxylic acids is 1. The maximum Gasteiger partial charge on any atom is 0.326 e. The maximum atomic E-state index is 13.0. The third kappa shape index (κ3) is 3.98. The van der Waals surface area contributed by atoms with Gasteiger partial charge in [0.1, 0.15) is 6.04 Å². The van der Waals surface area contributed by atoms with Gasteiger partial charge >= 0.3 is 5.97 Å². The number of thioether (sulfide) groups is 1. The van der Waals surface area contributed by atoms with Crippen molar-refractivity contribution in [2.45, 2.75) is 38.0 Å². The predicted octanol–water partition coefficient (Wildman–Crippen LogP) is 3.62. The van der Waals surface area contributed by atoms with Crippen molar-refractivity contribution in [1.29, 1.82) is 0 Å². The Morgan fingerprint density at radius 2 is 1.93 bits per heavy atom. The Morgan fingerprint density at radius 3 is 2.67 bits per heavy atom. The highest BCUT2D eigenvalue weighted by Crippen LogP contribution is 2.27. The SMILES string of the molecule is Cc1ccc(-n2ccnc2SCC(=O)N2Cc3ccccc3C[C@H]2C(=O)O)c(C)c1. The standard InChI is InChI=1S/C23H23N3O3S/c1-15-7-8-19(16(2)11-15)25-10-9-24-23(25)30-14-21(27)26-13-18-6-4-3-5-17(18)12-20(26)22(28)29/h3-11,20H,12-14H2,1-2H3,(H,28,29)/t20-/m0/s1. The van der Waals surface area contributed by atoms with E-state index in [1.54, 1.807) is 6.20 Å². The van der Waals surface area contributed by atoms with Crippen molar-refractivity contribution in [3.05, 3.63) is 77.1 Å². The van der Waals surface area contributed by atoms with E-state index in [9.17, 15) is 14.7 Å². The topological polar surface area (TPSA) is 75.4 Å². The van der Waals surface area contributed by atoms with Crippen LogP contribution in [0.1, 0.15) is 22.3 Å². The fourth-order valence-corrected chi connectivity index (χ4v) is 4.72. The molecule has 0 unspecified atom stereocenters. The van der Waals surface area contributed by atoms with Crippen molar-refractivity contribution >= 4 is 23.6 Å². The summed E-state index contributed by atoms with van der Waals surface area (Å²) in [7, 11) is 0. The van der Waals surface area contributed by atoms with Crippen molar-refractivity contribution in [1.82, 2.24) is 14.5 Å². The largest absolute Gasteiger partial charge is 0.480 e. The van der Waals surface area contributed by atoms with Crippen LogP contribution >= 0.6 is 11.8 Å². The van der Waals surface area contributed by atoms with Crippen LogP contribution in [0, 0.1) is 13.8 Å². The van der Waals surface area contributed by atoms with Gasteiger partial charge in [-0.2, -0.15) is 0 Å². The molecule has 0 saturated carbocycles. The van der Waals surface area contributed by atoms with E-state index in [1.165, 1.54) is 22.2 Å². The van der Waals surface area contributed by atoms with E-state index in [0.29, 0.717) is 18.1 Å². The number of aliphatic carboxylic acids is 1. The number of amides is 1. The quantitative estimate of drug-likeness (QED) is 0.637. The predicted molar refractivity (Wildman–Crippen MR) is 116 cm³/mol. The van der Waals surface area contributed by atoms with Crippen LogP contribution in [0.25, 0.3) is 5.69 Å². The minimum Gasteiger partial charge on any atom is -0.480 e. The van der Waals surface area contributed by atoms with Crippen LogP contribution in [0.4, 0.5) is 0 Å². The first-order valence-electron chi connectivity index (χ1n) is 9.77.